The molecule has 108 valence electrons. The molecule has 0 bridgehead atoms. The lowest BCUT2D eigenvalue weighted by molar-refractivity contribution is -0.134. The van der Waals surface area contributed by atoms with Crippen molar-refractivity contribution in [3.05, 3.63) is 35.4 Å². The number of hydrogen-bond donors (Lipinski definition) is 1. The second-order valence-corrected chi connectivity index (χ2v) is 6.15. The molecule has 1 aromatic carbocycles. The highest BCUT2D eigenvalue weighted by Gasteiger charge is 2.30. The molecule has 0 radical (unpaired) electrons. The van der Waals surface area contributed by atoms with Crippen molar-refractivity contribution < 1.29 is 9.90 Å². The predicted molar refractivity (Wildman–Crippen MR) is 78.4 cm³/mol. The van der Waals surface area contributed by atoms with E-state index in [1.807, 2.05) is 17.0 Å². The molecule has 2 aliphatic rings. The Morgan fingerprint density at radius 1 is 1.10 bits per heavy atom. The summed E-state index contributed by atoms with van der Waals surface area (Å²) >= 11 is 0. The monoisotopic (exact) mass is 273 g/mol. The minimum absolute atomic E-state index is 0.0827. The molecular formula is C17H23NO2. The van der Waals surface area contributed by atoms with E-state index in [4.69, 9.17) is 0 Å². The number of piperidine rings is 1. The molecule has 3 rings (SSSR count). The molecule has 1 aliphatic carbocycles. The van der Waals surface area contributed by atoms with E-state index in [-0.39, 0.29) is 17.9 Å². The van der Waals surface area contributed by atoms with E-state index >= 15 is 0 Å². The second kappa shape index (κ2) is 5.96. The van der Waals surface area contributed by atoms with E-state index in [9.17, 15) is 9.90 Å². The Labute approximate surface area is 120 Å². The summed E-state index contributed by atoms with van der Waals surface area (Å²) in [4.78, 5) is 14.3. The normalized spacial score (nSPS) is 26.1. The van der Waals surface area contributed by atoms with Gasteiger partial charge in [-0.05, 0) is 49.1 Å². The number of carbonyl (C=O) groups excluding carboxylic acids is 1. The van der Waals surface area contributed by atoms with Crippen LogP contribution in [0.1, 0.15) is 36.8 Å². The van der Waals surface area contributed by atoms with Gasteiger partial charge in [0.15, 0.2) is 0 Å². The zero-order valence-electron chi connectivity index (χ0n) is 11.9. The SMILES string of the molecule is O=C(C[C@@H]1Cc2ccccc2C[C@H]1O)N1CCCCC1. The molecule has 0 spiro atoms. The van der Waals surface area contributed by atoms with Gasteiger partial charge in [0.2, 0.25) is 5.91 Å². The summed E-state index contributed by atoms with van der Waals surface area (Å²) in [6.45, 7) is 1.80. The Bertz CT molecular complexity index is 480. The fraction of sp³-hybridized carbons (Fsp3) is 0.588. The zero-order valence-corrected chi connectivity index (χ0v) is 11.9. The Hall–Kier alpha value is -1.35. The molecule has 1 N–H and O–H groups in total. The van der Waals surface area contributed by atoms with Gasteiger partial charge in [0.1, 0.15) is 0 Å². The van der Waals surface area contributed by atoms with E-state index in [1.54, 1.807) is 0 Å². The van der Waals surface area contributed by atoms with Crippen molar-refractivity contribution in [3.63, 3.8) is 0 Å². The van der Waals surface area contributed by atoms with Crippen LogP contribution in [0.3, 0.4) is 0 Å². The third-order valence-electron chi connectivity index (χ3n) is 4.72. The number of nitrogens with zero attached hydrogens (tertiary/aromatic N) is 1. The summed E-state index contributed by atoms with van der Waals surface area (Å²) in [5.74, 6) is 0.312. The van der Waals surface area contributed by atoms with Gasteiger partial charge in [0.25, 0.3) is 0 Å². The largest absolute Gasteiger partial charge is 0.392 e. The van der Waals surface area contributed by atoms with Crippen LogP contribution < -0.4 is 0 Å². The fourth-order valence-corrected chi connectivity index (χ4v) is 3.47. The van der Waals surface area contributed by atoms with Gasteiger partial charge >= 0.3 is 0 Å². The molecule has 1 heterocycles. The van der Waals surface area contributed by atoms with Gasteiger partial charge in [-0.3, -0.25) is 4.79 Å². The van der Waals surface area contributed by atoms with E-state index < -0.39 is 0 Å². The third kappa shape index (κ3) is 2.88. The van der Waals surface area contributed by atoms with Gasteiger partial charge in [0, 0.05) is 19.5 Å². The smallest absolute Gasteiger partial charge is 0.222 e. The average Bonchev–Trinajstić information content (AvgIpc) is 2.49. The molecule has 20 heavy (non-hydrogen) atoms. The molecule has 3 nitrogen and oxygen atoms in total. The quantitative estimate of drug-likeness (QED) is 0.897. The van der Waals surface area contributed by atoms with E-state index in [0.717, 1.165) is 32.4 Å². The molecule has 0 aromatic heterocycles. The lowest BCUT2D eigenvalue weighted by Gasteiger charge is -2.32. The molecule has 2 atom stereocenters. The summed E-state index contributed by atoms with van der Waals surface area (Å²) in [6.07, 6.45) is 5.13. The fourth-order valence-electron chi connectivity index (χ4n) is 3.47. The van der Waals surface area contributed by atoms with Gasteiger partial charge in [0.05, 0.1) is 6.10 Å². The number of aliphatic hydroxyl groups is 1. The van der Waals surface area contributed by atoms with Gasteiger partial charge < -0.3 is 10.0 Å². The summed E-state index contributed by atoms with van der Waals surface area (Å²) in [7, 11) is 0. The summed E-state index contributed by atoms with van der Waals surface area (Å²) in [6, 6.07) is 8.27. The van der Waals surface area contributed by atoms with Gasteiger partial charge in [-0.25, -0.2) is 0 Å². The molecule has 3 heteroatoms. The first kappa shape index (κ1) is 13.6. The highest BCUT2D eigenvalue weighted by Crippen LogP contribution is 2.28. The first-order valence-corrected chi connectivity index (χ1v) is 7.76. The molecule has 1 aromatic rings. The van der Waals surface area contributed by atoms with Gasteiger partial charge in [-0.2, -0.15) is 0 Å². The van der Waals surface area contributed by atoms with Crippen molar-refractivity contribution in [1.29, 1.82) is 0 Å². The first-order valence-electron chi connectivity index (χ1n) is 7.76. The van der Waals surface area contributed by atoms with Crippen molar-refractivity contribution in [3.8, 4) is 0 Å². The lowest BCUT2D eigenvalue weighted by atomic mass is 9.80. The van der Waals surface area contributed by atoms with Crippen molar-refractivity contribution in [1.82, 2.24) is 4.90 Å². The highest BCUT2D eigenvalue weighted by molar-refractivity contribution is 5.76. The standard InChI is InChI=1S/C17H23NO2/c19-16-11-14-7-3-2-6-13(14)10-15(16)12-17(20)18-8-4-1-5-9-18/h2-3,6-7,15-16,19H,1,4-5,8-12H2/t15-,16+/m0/s1. The molecule has 0 unspecified atom stereocenters. The Morgan fingerprint density at radius 2 is 1.75 bits per heavy atom. The molecule has 1 aliphatic heterocycles. The van der Waals surface area contributed by atoms with Crippen molar-refractivity contribution in [2.24, 2.45) is 5.92 Å². The molecule has 1 amide bonds. The number of aliphatic hydroxyl groups excluding tert-OH is 1. The minimum atomic E-state index is -0.376. The highest BCUT2D eigenvalue weighted by atomic mass is 16.3. The van der Waals surface area contributed by atoms with Gasteiger partial charge in [-0.1, -0.05) is 24.3 Å². The Morgan fingerprint density at radius 3 is 2.45 bits per heavy atom. The van der Waals surface area contributed by atoms with Crippen LogP contribution in [0, 0.1) is 5.92 Å². The van der Waals surface area contributed by atoms with Crippen LogP contribution in [0.5, 0.6) is 0 Å². The minimum Gasteiger partial charge on any atom is -0.392 e. The van der Waals surface area contributed by atoms with Crippen LogP contribution in [-0.4, -0.2) is 35.1 Å². The zero-order chi connectivity index (χ0) is 13.9. The topological polar surface area (TPSA) is 40.5 Å². The maximum Gasteiger partial charge on any atom is 0.222 e. The summed E-state index contributed by atoms with van der Waals surface area (Å²) < 4.78 is 0. The van der Waals surface area contributed by atoms with Crippen LogP contribution >= 0.6 is 0 Å². The van der Waals surface area contributed by atoms with E-state index in [2.05, 4.69) is 12.1 Å². The Kier molecular flexibility index (Phi) is 4.06. The molecule has 1 fully saturated rings. The lowest BCUT2D eigenvalue weighted by Crippen LogP contribution is -2.40. The second-order valence-electron chi connectivity index (χ2n) is 6.15. The molecular weight excluding hydrogens is 250 g/mol. The van der Waals surface area contributed by atoms with E-state index in [0.29, 0.717) is 12.8 Å². The third-order valence-corrected chi connectivity index (χ3v) is 4.72. The number of likely N-dealkylation sites (tertiary alicyclic amines) is 1. The number of amides is 1. The van der Waals surface area contributed by atoms with Gasteiger partial charge in [-0.15, -0.1) is 0 Å². The maximum atomic E-state index is 12.3. The maximum absolute atomic E-state index is 12.3. The number of rotatable bonds is 2. The van der Waals surface area contributed by atoms with Crippen molar-refractivity contribution in [2.75, 3.05) is 13.1 Å². The molecule has 1 saturated heterocycles. The van der Waals surface area contributed by atoms with Crippen LogP contribution in [0.2, 0.25) is 0 Å². The van der Waals surface area contributed by atoms with Crippen molar-refractivity contribution in [2.45, 2.75) is 44.6 Å². The van der Waals surface area contributed by atoms with Crippen LogP contribution in [0.25, 0.3) is 0 Å². The average molecular weight is 273 g/mol. The number of carbonyl (C=O) groups is 1. The van der Waals surface area contributed by atoms with E-state index in [1.165, 1.54) is 17.5 Å². The molecule has 0 saturated carbocycles. The summed E-state index contributed by atoms with van der Waals surface area (Å²) in [5.41, 5.74) is 2.54. The van der Waals surface area contributed by atoms with Crippen LogP contribution in [0.4, 0.5) is 0 Å². The van der Waals surface area contributed by atoms with Crippen LogP contribution in [0.15, 0.2) is 24.3 Å². The first-order chi connectivity index (χ1) is 9.74. The number of hydrogen-bond acceptors (Lipinski definition) is 2. The number of fused-ring (bicyclic) bond motifs is 1. The summed E-state index contributed by atoms with van der Waals surface area (Å²) in [5, 5.41) is 10.3. The predicted octanol–water partition coefficient (Wildman–Crippen LogP) is 2.16. The number of benzene rings is 1. The van der Waals surface area contributed by atoms with Crippen LogP contribution in [-0.2, 0) is 17.6 Å². The van der Waals surface area contributed by atoms with Crippen molar-refractivity contribution >= 4 is 5.91 Å². The Balaban J connectivity index is 1.64.